The predicted octanol–water partition coefficient (Wildman–Crippen LogP) is 3.55. The van der Waals surface area contributed by atoms with Gasteiger partial charge in [0, 0.05) is 23.8 Å². The third-order valence-corrected chi connectivity index (χ3v) is 6.01. The van der Waals surface area contributed by atoms with Crippen LogP contribution in [0.2, 0.25) is 0 Å². The van der Waals surface area contributed by atoms with Gasteiger partial charge in [0.2, 0.25) is 10.0 Å². The highest BCUT2D eigenvalue weighted by atomic mass is 79.9. The Balaban J connectivity index is 2.18. The zero-order chi connectivity index (χ0) is 21.4. The van der Waals surface area contributed by atoms with Gasteiger partial charge in [0.1, 0.15) is 0 Å². The summed E-state index contributed by atoms with van der Waals surface area (Å²) in [5.74, 6) is -0.423. The Morgan fingerprint density at radius 1 is 1.17 bits per heavy atom. The molecule has 0 saturated carbocycles. The second kappa shape index (κ2) is 10.8. The molecule has 0 bridgehead atoms. The largest absolute Gasteiger partial charge is 0.383 e. The van der Waals surface area contributed by atoms with Crippen molar-refractivity contribution >= 4 is 37.5 Å². The van der Waals surface area contributed by atoms with Gasteiger partial charge in [-0.3, -0.25) is 4.79 Å². The first-order valence-electron chi connectivity index (χ1n) is 9.03. The van der Waals surface area contributed by atoms with E-state index in [1.165, 1.54) is 25.3 Å². The lowest BCUT2D eigenvalue weighted by Gasteiger charge is -2.12. The van der Waals surface area contributed by atoms with Crippen LogP contribution in [0.1, 0.15) is 29.8 Å². The van der Waals surface area contributed by atoms with Gasteiger partial charge in [-0.1, -0.05) is 12.1 Å². The molecule has 158 valence electrons. The molecular weight excluding hydrogens is 460 g/mol. The van der Waals surface area contributed by atoms with E-state index in [0.717, 1.165) is 5.56 Å². The summed E-state index contributed by atoms with van der Waals surface area (Å²) in [5.41, 5.74) is 1.73. The van der Waals surface area contributed by atoms with Gasteiger partial charge in [-0.2, -0.15) is 0 Å². The van der Waals surface area contributed by atoms with Gasteiger partial charge in [-0.25, -0.2) is 13.1 Å². The molecule has 0 atom stereocenters. The van der Waals surface area contributed by atoms with Gasteiger partial charge < -0.3 is 14.8 Å². The lowest BCUT2D eigenvalue weighted by atomic mass is 10.2. The molecule has 9 heteroatoms. The first-order chi connectivity index (χ1) is 13.7. The summed E-state index contributed by atoms with van der Waals surface area (Å²) in [7, 11) is -2.26. The van der Waals surface area contributed by atoms with Gasteiger partial charge in [-0.05, 0) is 65.7 Å². The van der Waals surface area contributed by atoms with E-state index in [-0.39, 0.29) is 29.7 Å². The standard InChI is InChI=1S/C20H25BrN2O5S/c1-14(2)28-13-15-5-4-6-16(11-15)23-20(24)18-12-17(7-8-19(18)21)29(25,26)22-9-10-27-3/h4-8,11-12,14,22H,9-10,13H2,1-3H3,(H,23,24). The average Bonchev–Trinajstić information content (AvgIpc) is 2.67. The van der Waals surface area contributed by atoms with Crippen molar-refractivity contribution < 1.29 is 22.7 Å². The Morgan fingerprint density at radius 3 is 2.62 bits per heavy atom. The first kappa shape index (κ1) is 23.5. The van der Waals surface area contributed by atoms with E-state index < -0.39 is 15.9 Å². The number of hydrogen-bond donors (Lipinski definition) is 2. The molecule has 2 rings (SSSR count). The van der Waals surface area contributed by atoms with Crippen molar-refractivity contribution in [3.63, 3.8) is 0 Å². The normalized spacial score (nSPS) is 11.6. The molecule has 2 N–H and O–H groups in total. The van der Waals surface area contributed by atoms with Gasteiger partial charge in [0.15, 0.2) is 0 Å². The van der Waals surface area contributed by atoms with Crippen LogP contribution in [0.5, 0.6) is 0 Å². The molecule has 0 aliphatic rings. The second-order valence-corrected chi connectivity index (χ2v) is 9.17. The van der Waals surface area contributed by atoms with Crippen molar-refractivity contribution in [1.82, 2.24) is 4.72 Å². The van der Waals surface area contributed by atoms with Crippen molar-refractivity contribution in [1.29, 1.82) is 0 Å². The zero-order valence-corrected chi connectivity index (χ0v) is 19.0. The summed E-state index contributed by atoms with van der Waals surface area (Å²) in [6.07, 6.45) is 0.103. The van der Waals surface area contributed by atoms with Crippen molar-refractivity contribution in [2.75, 3.05) is 25.6 Å². The van der Waals surface area contributed by atoms with Crippen LogP contribution in [0, 0.1) is 0 Å². The molecule has 0 unspecified atom stereocenters. The van der Waals surface area contributed by atoms with Crippen LogP contribution < -0.4 is 10.0 Å². The van der Waals surface area contributed by atoms with Gasteiger partial charge in [0.05, 0.1) is 29.8 Å². The maximum atomic E-state index is 12.7. The van der Waals surface area contributed by atoms with E-state index in [4.69, 9.17) is 9.47 Å². The van der Waals surface area contributed by atoms with Crippen molar-refractivity contribution in [3.8, 4) is 0 Å². The second-order valence-electron chi connectivity index (χ2n) is 6.55. The molecule has 7 nitrogen and oxygen atoms in total. The van der Waals surface area contributed by atoms with Crippen LogP contribution in [0.15, 0.2) is 51.8 Å². The number of nitrogens with one attached hydrogen (secondary N) is 2. The summed E-state index contributed by atoms with van der Waals surface area (Å²) in [6, 6.07) is 11.6. The number of halogens is 1. The Labute approximate surface area is 180 Å². The van der Waals surface area contributed by atoms with Crippen LogP contribution in [-0.4, -0.2) is 40.7 Å². The lowest BCUT2D eigenvalue weighted by molar-refractivity contribution is 0.0657. The van der Waals surface area contributed by atoms with Crippen molar-refractivity contribution in [2.24, 2.45) is 0 Å². The highest BCUT2D eigenvalue weighted by Crippen LogP contribution is 2.23. The fourth-order valence-electron chi connectivity index (χ4n) is 2.41. The van der Waals surface area contributed by atoms with Gasteiger partial charge in [-0.15, -0.1) is 0 Å². The Morgan fingerprint density at radius 2 is 1.93 bits per heavy atom. The third-order valence-electron chi connectivity index (χ3n) is 3.86. The van der Waals surface area contributed by atoms with Gasteiger partial charge >= 0.3 is 0 Å². The molecule has 1 amide bonds. The van der Waals surface area contributed by atoms with E-state index in [1.807, 2.05) is 32.0 Å². The van der Waals surface area contributed by atoms with Crippen molar-refractivity contribution in [3.05, 3.63) is 58.1 Å². The summed E-state index contributed by atoms with van der Waals surface area (Å²) in [5, 5.41) is 2.80. The monoisotopic (exact) mass is 484 g/mol. The molecule has 0 aromatic heterocycles. The number of rotatable bonds is 10. The maximum absolute atomic E-state index is 12.7. The molecular formula is C20H25BrN2O5S. The molecule has 0 aliphatic carbocycles. The first-order valence-corrected chi connectivity index (χ1v) is 11.3. The smallest absolute Gasteiger partial charge is 0.256 e. The number of methoxy groups -OCH3 is 1. The quantitative estimate of drug-likeness (QED) is 0.502. The van der Waals surface area contributed by atoms with E-state index in [0.29, 0.717) is 16.8 Å². The van der Waals surface area contributed by atoms with Crippen LogP contribution in [0.3, 0.4) is 0 Å². The number of carbonyl (C=O) groups excluding carboxylic acids is 1. The average molecular weight is 485 g/mol. The molecule has 2 aromatic rings. The number of amides is 1. The van der Waals surface area contributed by atoms with E-state index in [9.17, 15) is 13.2 Å². The predicted molar refractivity (Wildman–Crippen MR) is 116 cm³/mol. The SMILES string of the molecule is COCCNS(=O)(=O)c1ccc(Br)c(C(=O)Nc2cccc(COC(C)C)c2)c1. The van der Waals surface area contributed by atoms with Crippen LogP contribution in [-0.2, 0) is 26.1 Å². The number of benzene rings is 2. The number of anilines is 1. The number of carbonyl (C=O) groups is 1. The topological polar surface area (TPSA) is 93.7 Å². The summed E-state index contributed by atoms with van der Waals surface area (Å²) in [6.45, 7) is 4.73. The number of ether oxygens (including phenoxy) is 2. The molecule has 0 fully saturated rings. The lowest BCUT2D eigenvalue weighted by Crippen LogP contribution is -2.27. The minimum absolute atomic E-state index is 0.000960. The Bertz CT molecular complexity index is 948. The molecule has 0 radical (unpaired) electrons. The molecule has 29 heavy (non-hydrogen) atoms. The zero-order valence-electron chi connectivity index (χ0n) is 16.6. The molecule has 0 spiro atoms. The Kier molecular flexibility index (Phi) is 8.79. The minimum atomic E-state index is -3.75. The summed E-state index contributed by atoms with van der Waals surface area (Å²) < 4.78 is 38.1. The van der Waals surface area contributed by atoms with Crippen LogP contribution in [0.4, 0.5) is 5.69 Å². The molecule has 2 aromatic carbocycles. The summed E-state index contributed by atoms with van der Waals surface area (Å²) in [4.78, 5) is 12.7. The minimum Gasteiger partial charge on any atom is -0.383 e. The molecule has 0 saturated heterocycles. The highest BCUT2D eigenvalue weighted by Gasteiger charge is 2.18. The molecule has 0 aliphatic heterocycles. The van der Waals surface area contributed by atoms with Crippen molar-refractivity contribution in [2.45, 2.75) is 31.5 Å². The van der Waals surface area contributed by atoms with E-state index in [2.05, 4.69) is 26.0 Å². The van der Waals surface area contributed by atoms with Gasteiger partial charge in [0.25, 0.3) is 5.91 Å². The Hall–Kier alpha value is -1.78. The van der Waals surface area contributed by atoms with E-state index in [1.54, 1.807) is 6.07 Å². The van der Waals surface area contributed by atoms with Crippen LogP contribution in [0.25, 0.3) is 0 Å². The highest BCUT2D eigenvalue weighted by molar-refractivity contribution is 9.10. The molecule has 0 heterocycles. The summed E-state index contributed by atoms with van der Waals surface area (Å²) >= 11 is 3.31. The van der Waals surface area contributed by atoms with E-state index >= 15 is 0 Å². The number of sulfonamides is 1. The third kappa shape index (κ3) is 7.20. The maximum Gasteiger partial charge on any atom is 0.256 e. The van der Waals surface area contributed by atoms with Crippen LogP contribution >= 0.6 is 15.9 Å². The number of hydrogen-bond acceptors (Lipinski definition) is 5. The fourth-order valence-corrected chi connectivity index (χ4v) is 3.87. The fraction of sp³-hybridized carbons (Fsp3) is 0.350.